The van der Waals surface area contributed by atoms with Crippen LogP contribution in [0.15, 0.2) is 34.9 Å². The Morgan fingerprint density at radius 3 is 2.55 bits per heavy atom. The van der Waals surface area contributed by atoms with Gasteiger partial charge in [0.05, 0.1) is 11.2 Å². The van der Waals surface area contributed by atoms with Crippen LogP contribution in [0, 0.1) is 0 Å². The molecule has 2 aliphatic rings. The maximum absolute atomic E-state index is 6.53. The van der Waals surface area contributed by atoms with Crippen LogP contribution in [0.2, 0.25) is 0 Å². The molecule has 0 unspecified atom stereocenters. The number of halogens is 1. The van der Waals surface area contributed by atoms with Crippen molar-refractivity contribution in [2.24, 2.45) is 5.10 Å². The molecular weight excluding hydrogens is 268 g/mol. The molecule has 3 rings (SSSR count). The summed E-state index contributed by atoms with van der Waals surface area (Å²) in [7, 11) is 0. The smallest absolute Gasteiger partial charge is 0.0529 e. The molecule has 1 heterocycles. The second-order valence-corrected chi connectivity index (χ2v) is 5.99. The molecule has 0 bridgehead atoms. The van der Waals surface area contributed by atoms with Crippen LogP contribution >= 0.6 is 11.6 Å². The Kier molecular flexibility index (Phi) is 4.41. The van der Waals surface area contributed by atoms with Gasteiger partial charge in [-0.2, -0.15) is 5.10 Å². The van der Waals surface area contributed by atoms with Gasteiger partial charge in [-0.3, -0.25) is 5.01 Å². The predicted molar refractivity (Wildman–Crippen MR) is 86.1 cm³/mol. The summed E-state index contributed by atoms with van der Waals surface area (Å²) in [4.78, 5) is 0. The highest BCUT2D eigenvalue weighted by Gasteiger charge is 2.16. The fraction of sp³-hybridized carbons (Fsp3) is 0.471. The molecule has 0 atom stereocenters. The van der Waals surface area contributed by atoms with Crippen LogP contribution in [0.1, 0.15) is 43.2 Å². The van der Waals surface area contributed by atoms with Gasteiger partial charge in [0.2, 0.25) is 0 Å². The minimum atomic E-state index is 0.880. The van der Waals surface area contributed by atoms with Crippen molar-refractivity contribution in [3.05, 3.63) is 41.0 Å². The first-order valence-electron chi connectivity index (χ1n) is 7.60. The van der Waals surface area contributed by atoms with Crippen molar-refractivity contribution in [2.75, 3.05) is 13.1 Å². The minimum Gasteiger partial charge on any atom is -0.297 e. The van der Waals surface area contributed by atoms with Crippen molar-refractivity contribution >= 4 is 22.8 Å². The lowest BCUT2D eigenvalue weighted by atomic mass is 9.92. The van der Waals surface area contributed by atoms with Crippen molar-refractivity contribution < 1.29 is 0 Å². The average molecular weight is 289 g/mol. The Hall–Kier alpha value is -1.28. The molecule has 20 heavy (non-hydrogen) atoms. The summed E-state index contributed by atoms with van der Waals surface area (Å²) in [6.45, 7) is 2.16. The minimum absolute atomic E-state index is 0.880. The standard InChI is InChI=1S/C17H21ClN2/c18-17-15(10-9-14-7-3-4-8-16(14)17)13-19-20-11-5-1-2-6-12-20/h3-4,7-8,13H,1-2,5-6,9-12H2/b19-13-. The average Bonchev–Trinajstić information content (AvgIpc) is 2.76. The molecule has 0 saturated carbocycles. The first-order valence-corrected chi connectivity index (χ1v) is 7.98. The topological polar surface area (TPSA) is 15.6 Å². The van der Waals surface area contributed by atoms with Crippen LogP contribution in [0.3, 0.4) is 0 Å². The summed E-state index contributed by atoms with van der Waals surface area (Å²) >= 11 is 6.53. The van der Waals surface area contributed by atoms with Gasteiger partial charge in [-0.05, 0) is 42.4 Å². The number of benzene rings is 1. The number of hydrazone groups is 1. The third kappa shape index (κ3) is 3.06. The van der Waals surface area contributed by atoms with Gasteiger partial charge in [-0.1, -0.05) is 48.7 Å². The van der Waals surface area contributed by atoms with E-state index in [4.69, 9.17) is 11.6 Å². The van der Waals surface area contributed by atoms with Gasteiger partial charge in [-0.25, -0.2) is 0 Å². The fourth-order valence-electron chi connectivity index (χ4n) is 2.95. The van der Waals surface area contributed by atoms with Crippen molar-refractivity contribution in [1.82, 2.24) is 5.01 Å². The van der Waals surface area contributed by atoms with E-state index in [2.05, 4.69) is 34.4 Å². The van der Waals surface area contributed by atoms with E-state index in [1.807, 2.05) is 6.21 Å². The highest BCUT2D eigenvalue weighted by molar-refractivity contribution is 6.50. The summed E-state index contributed by atoms with van der Waals surface area (Å²) in [5.41, 5.74) is 3.71. The van der Waals surface area contributed by atoms with Crippen LogP contribution in [0.5, 0.6) is 0 Å². The summed E-state index contributed by atoms with van der Waals surface area (Å²) in [6, 6.07) is 8.41. The first-order chi connectivity index (χ1) is 9.84. The highest BCUT2D eigenvalue weighted by Crippen LogP contribution is 2.33. The Morgan fingerprint density at radius 2 is 1.75 bits per heavy atom. The number of fused-ring (bicyclic) bond motifs is 1. The Labute approximate surface area is 126 Å². The van der Waals surface area contributed by atoms with E-state index in [0.717, 1.165) is 31.0 Å². The Morgan fingerprint density at radius 1 is 1.00 bits per heavy atom. The molecule has 1 aromatic carbocycles. The van der Waals surface area contributed by atoms with Crippen molar-refractivity contribution in [2.45, 2.75) is 38.5 Å². The molecule has 0 amide bonds. The summed E-state index contributed by atoms with van der Waals surface area (Å²) in [5, 5.41) is 7.74. The zero-order chi connectivity index (χ0) is 13.8. The van der Waals surface area contributed by atoms with Gasteiger partial charge in [0.25, 0.3) is 0 Å². The van der Waals surface area contributed by atoms with Crippen LogP contribution in [0.25, 0.3) is 5.03 Å². The van der Waals surface area contributed by atoms with E-state index in [0.29, 0.717) is 0 Å². The Balaban J connectivity index is 1.77. The van der Waals surface area contributed by atoms with E-state index in [-0.39, 0.29) is 0 Å². The molecule has 0 N–H and O–H groups in total. The van der Waals surface area contributed by atoms with Crippen molar-refractivity contribution in [3.8, 4) is 0 Å². The molecule has 1 aromatic rings. The van der Waals surface area contributed by atoms with Gasteiger partial charge in [-0.15, -0.1) is 0 Å². The van der Waals surface area contributed by atoms with Gasteiger partial charge >= 0.3 is 0 Å². The molecule has 0 radical (unpaired) electrons. The van der Waals surface area contributed by atoms with Gasteiger partial charge in [0.15, 0.2) is 0 Å². The molecule has 106 valence electrons. The molecule has 2 nitrogen and oxygen atoms in total. The van der Waals surface area contributed by atoms with Gasteiger partial charge < -0.3 is 0 Å². The van der Waals surface area contributed by atoms with Crippen molar-refractivity contribution in [1.29, 1.82) is 0 Å². The highest BCUT2D eigenvalue weighted by atomic mass is 35.5. The fourth-order valence-corrected chi connectivity index (χ4v) is 3.27. The summed E-state index contributed by atoms with van der Waals surface area (Å²) in [6.07, 6.45) is 9.23. The predicted octanol–water partition coefficient (Wildman–Crippen LogP) is 4.44. The zero-order valence-electron chi connectivity index (χ0n) is 11.8. The molecule has 1 saturated heterocycles. The lowest BCUT2D eigenvalue weighted by molar-refractivity contribution is 0.302. The van der Waals surface area contributed by atoms with Crippen molar-refractivity contribution in [3.63, 3.8) is 0 Å². The molecule has 1 aliphatic heterocycles. The van der Waals surface area contributed by atoms with Gasteiger partial charge in [0, 0.05) is 13.1 Å². The first kappa shape index (κ1) is 13.7. The maximum Gasteiger partial charge on any atom is 0.0529 e. The van der Waals surface area contributed by atoms with E-state index in [9.17, 15) is 0 Å². The summed E-state index contributed by atoms with van der Waals surface area (Å²) in [5.74, 6) is 0. The van der Waals surface area contributed by atoms with E-state index < -0.39 is 0 Å². The van der Waals surface area contributed by atoms with Crippen LogP contribution < -0.4 is 0 Å². The normalized spacial score (nSPS) is 20.1. The SMILES string of the molecule is ClC1=C(/C=N\N2CCCCCC2)CCc2ccccc21. The number of aryl methyl sites for hydroxylation is 1. The largest absolute Gasteiger partial charge is 0.297 e. The third-order valence-corrected chi connectivity index (χ3v) is 4.61. The van der Waals surface area contributed by atoms with Crippen LogP contribution in [0.4, 0.5) is 0 Å². The number of hydrogen-bond acceptors (Lipinski definition) is 2. The lowest BCUT2D eigenvalue weighted by Gasteiger charge is -2.19. The number of rotatable bonds is 2. The van der Waals surface area contributed by atoms with E-state index >= 15 is 0 Å². The monoisotopic (exact) mass is 288 g/mol. The summed E-state index contributed by atoms with van der Waals surface area (Å²) < 4.78 is 0. The molecule has 0 spiro atoms. The quantitative estimate of drug-likeness (QED) is 0.734. The molecule has 1 fully saturated rings. The molecule has 3 heteroatoms. The molecule has 1 aliphatic carbocycles. The number of nitrogens with zero attached hydrogens (tertiary/aromatic N) is 2. The zero-order valence-corrected chi connectivity index (χ0v) is 12.6. The second kappa shape index (κ2) is 6.45. The van der Waals surface area contributed by atoms with Gasteiger partial charge in [0.1, 0.15) is 0 Å². The number of hydrogen-bond donors (Lipinski definition) is 0. The van der Waals surface area contributed by atoms with E-state index in [1.165, 1.54) is 42.4 Å². The Bertz CT molecular complexity index is 526. The lowest BCUT2D eigenvalue weighted by Crippen LogP contribution is -2.18. The maximum atomic E-state index is 6.53. The van der Waals surface area contributed by atoms with E-state index in [1.54, 1.807) is 0 Å². The number of allylic oxidation sites excluding steroid dienone is 1. The van der Waals surface area contributed by atoms with Crippen LogP contribution in [-0.4, -0.2) is 24.3 Å². The third-order valence-electron chi connectivity index (χ3n) is 4.16. The molecular formula is C17H21ClN2. The second-order valence-electron chi connectivity index (χ2n) is 5.61. The van der Waals surface area contributed by atoms with Crippen LogP contribution in [-0.2, 0) is 6.42 Å². The molecule has 0 aromatic heterocycles.